The molecule has 0 aliphatic heterocycles. The Bertz CT molecular complexity index is 835. The second kappa shape index (κ2) is 7.18. The molecule has 2 aromatic heterocycles. The topological polar surface area (TPSA) is 25.8 Å². The Morgan fingerprint density at radius 3 is 2.00 bits per heavy atom. The molecule has 0 spiro atoms. The minimum absolute atomic E-state index is 0.481. The predicted molar refractivity (Wildman–Crippen MR) is 106 cm³/mol. The molecule has 0 saturated heterocycles. The van der Waals surface area contributed by atoms with Crippen molar-refractivity contribution in [2.45, 2.75) is 46.5 Å². The van der Waals surface area contributed by atoms with Crippen molar-refractivity contribution in [1.82, 2.24) is 9.97 Å². The summed E-state index contributed by atoms with van der Waals surface area (Å²) in [6.45, 7) is 11.1. The van der Waals surface area contributed by atoms with Crippen molar-refractivity contribution in [3.8, 4) is 22.4 Å². The third-order valence-corrected chi connectivity index (χ3v) is 4.74. The van der Waals surface area contributed by atoms with Crippen LogP contribution in [0.25, 0.3) is 22.4 Å². The number of aryl methyl sites for hydroxylation is 1. The van der Waals surface area contributed by atoms with Crippen molar-refractivity contribution in [2.75, 3.05) is 0 Å². The lowest BCUT2D eigenvalue weighted by molar-refractivity contribution is 0.838. The predicted octanol–water partition coefficient (Wildman–Crippen LogP) is 6.37. The zero-order valence-corrected chi connectivity index (χ0v) is 15.7. The third-order valence-electron chi connectivity index (χ3n) is 4.74. The second-order valence-corrected chi connectivity index (χ2v) is 7.24. The Morgan fingerprint density at radius 2 is 1.48 bits per heavy atom. The summed E-state index contributed by atoms with van der Waals surface area (Å²) in [4.78, 5) is 8.98. The summed E-state index contributed by atoms with van der Waals surface area (Å²) in [6, 6.07) is 13.0. The molecular formula is C23H26N2. The van der Waals surface area contributed by atoms with Crippen LogP contribution in [-0.2, 0) is 0 Å². The van der Waals surface area contributed by atoms with Crippen LogP contribution in [0, 0.1) is 6.92 Å². The monoisotopic (exact) mass is 330 g/mol. The molecule has 2 nitrogen and oxygen atoms in total. The highest BCUT2D eigenvalue weighted by molar-refractivity contribution is 5.74. The number of rotatable bonds is 4. The molecule has 25 heavy (non-hydrogen) atoms. The van der Waals surface area contributed by atoms with Crippen LogP contribution in [-0.4, -0.2) is 9.97 Å². The van der Waals surface area contributed by atoms with E-state index in [0.717, 1.165) is 11.3 Å². The van der Waals surface area contributed by atoms with Gasteiger partial charge in [-0.3, -0.25) is 9.97 Å². The van der Waals surface area contributed by atoms with Crippen molar-refractivity contribution >= 4 is 0 Å². The zero-order chi connectivity index (χ0) is 18.0. The van der Waals surface area contributed by atoms with E-state index >= 15 is 0 Å². The van der Waals surface area contributed by atoms with Gasteiger partial charge in [0.15, 0.2) is 0 Å². The van der Waals surface area contributed by atoms with E-state index in [1.165, 1.54) is 27.8 Å². The average Bonchev–Trinajstić information content (AvgIpc) is 2.61. The molecule has 0 bridgehead atoms. The molecule has 2 heterocycles. The summed E-state index contributed by atoms with van der Waals surface area (Å²) >= 11 is 0. The Morgan fingerprint density at radius 1 is 0.800 bits per heavy atom. The van der Waals surface area contributed by atoms with E-state index in [1.807, 2.05) is 24.7 Å². The van der Waals surface area contributed by atoms with Gasteiger partial charge in [0.05, 0.1) is 5.69 Å². The number of nitrogens with zero attached hydrogens (tertiary/aromatic N) is 2. The van der Waals surface area contributed by atoms with Gasteiger partial charge in [0.1, 0.15) is 0 Å². The van der Waals surface area contributed by atoms with Gasteiger partial charge in [0.2, 0.25) is 0 Å². The fraction of sp³-hybridized carbons (Fsp3) is 0.304. The molecule has 128 valence electrons. The molecule has 0 aliphatic rings. The molecule has 2 heteroatoms. The number of aromatic nitrogens is 2. The smallest absolute Gasteiger partial charge is 0.0720 e. The largest absolute Gasteiger partial charge is 0.264 e. The van der Waals surface area contributed by atoms with Crippen molar-refractivity contribution in [3.63, 3.8) is 0 Å². The minimum Gasteiger partial charge on any atom is -0.264 e. The lowest BCUT2D eigenvalue weighted by Crippen LogP contribution is -2.00. The first kappa shape index (κ1) is 17.3. The van der Waals surface area contributed by atoms with E-state index in [9.17, 15) is 0 Å². The molecule has 1 aromatic carbocycles. The third kappa shape index (κ3) is 3.48. The van der Waals surface area contributed by atoms with Crippen LogP contribution < -0.4 is 0 Å². The van der Waals surface area contributed by atoms with Crippen molar-refractivity contribution in [3.05, 3.63) is 71.7 Å². The van der Waals surface area contributed by atoms with Crippen LogP contribution in [0.5, 0.6) is 0 Å². The molecule has 0 aliphatic carbocycles. The van der Waals surface area contributed by atoms with Gasteiger partial charge < -0.3 is 0 Å². The highest BCUT2D eigenvalue weighted by Crippen LogP contribution is 2.36. The molecule has 3 rings (SSSR count). The Labute approximate surface area is 151 Å². The van der Waals surface area contributed by atoms with Gasteiger partial charge in [-0.15, -0.1) is 0 Å². The Balaban J connectivity index is 2.11. The lowest BCUT2D eigenvalue weighted by Gasteiger charge is -2.20. The lowest BCUT2D eigenvalue weighted by atomic mass is 9.85. The van der Waals surface area contributed by atoms with Gasteiger partial charge in [-0.1, -0.05) is 52.0 Å². The molecule has 0 N–H and O–H groups in total. The van der Waals surface area contributed by atoms with Crippen LogP contribution >= 0.6 is 0 Å². The molecule has 3 aromatic rings. The van der Waals surface area contributed by atoms with Crippen molar-refractivity contribution < 1.29 is 0 Å². The molecule has 0 unspecified atom stereocenters. The highest BCUT2D eigenvalue weighted by Gasteiger charge is 2.16. The minimum atomic E-state index is 0.481. The van der Waals surface area contributed by atoms with E-state index in [1.54, 1.807) is 0 Å². The van der Waals surface area contributed by atoms with Crippen LogP contribution in [0.4, 0.5) is 0 Å². The fourth-order valence-electron chi connectivity index (χ4n) is 3.32. The summed E-state index contributed by atoms with van der Waals surface area (Å²) in [7, 11) is 0. The number of hydrogen-bond acceptors (Lipinski definition) is 2. The van der Waals surface area contributed by atoms with Gasteiger partial charge >= 0.3 is 0 Å². The Hall–Kier alpha value is -2.48. The van der Waals surface area contributed by atoms with Crippen LogP contribution in [0.1, 0.15) is 56.2 Å². The molecule has 0 atom stereocenters. The summed E-state index contributed by atoms with van der Waals surface area (Å²) < 4.78 is 0. The number of benzene rings is 1. The maximum Gasteiger partial charge on any atom is 0.0720 e. The van der Waals surface area contributed by atoms with Gasteiger partial charge in [0.25, 0.3) is 0 Å². The van der Waals surface area contributed by atoms with E-state index in [4.69, 9.17) is 4.98 Å². The molecular weight excluding hydrogens is 304 g/mol. The first-order valence-corrected chi connectivity index (χ1v) is 8.99. The van der Waals surface area contributed by atoms with Crippen molar-refractivity contribution in [1.29, 1.82) is 0 Å². The average molecular weight is 330 g/mol. The van der Waals surface area contributed by atoms with Gasteiger partial charge in [-0.05, 0) is 53.1 Å². The second-order valence-electron chi connectivity index (χ2n) is 7.24. The van der Waals surface area contributed by atoms with Gasteiger partial charge in [-0.2, -0.15) is 0 Å². The molecule has 0 amide bonds. The van der Waals surface area contributed by atoms with Crippen LogP contribution in [0.2, 0.25) is 0 Å². The summed E-state index contributed by atoms with van der Waals surface area (Å²) in [5, 5.41) is 0. The molecule has 0 radical (unpaired) electrons. The number of pyridine rings is 2. The standard InChI is InChI=1S/C23H26N2/c1-15(2)19-7-6-8-20(16(3)4)23(19)18-9-10-22(25-13-18)21-14-24-12-11-17(21)5/h6-16H,1-5H3. The summed E-state index contributed by atoms with van der Waals surface area (Å²) in [5.74, 6) is 0.961. The SMILES string of the molecule is Cc1ccncc1-c1ccc(-c2c(C(C)C)cccc2C(C)C)cn1. The van der Waals surface area contributed by atoms with Crippen LogP contribution in [0.15, 0.2) is 55.0 Å². The van der Waals surface area contributed by atoms with Crippen LogP contribution in [0.3, 0.4) is 0 Å². The van der Waals surface area contributed by atoms with Crippen molar-refractivity contribution in [2.24, 2.45) is 0 Å². The summed E-state index contributed by atoms with van der Waals surface area (Å²) in [6.07, 6.45) is 5.72. The zero-order valence-electron chi connectivity index (χ0n) is 15.7. The first-order chi connectivity index (χ1) is 12.0. The number of hydrogen-bond donors (Lipinski definition) is 0. The quantitative estimate of drug-likeness (QED) is 0.556. The fourth-order valence-corrected chi connectivity index (χ4v) is 3.32. The molecule has 0 fully saturated rings. The van der Waals surface area contributed by atoms with E-state index in [0.29, 0.717) is 11.8 Å². The van der Waals surface area contributed by atoms with E-state index in [2.05, 4.69) is 69.9 Å². The Kier molecular flexibility index (Phi) is 4.98. The van der Waals surface area contributed by atoms with Gasteiger partial charge in [-0.25, -0.2) is 0 Å². The summed E-state index contributed by atoms with van der Waals surface area (Å²) in [5.41, 5.74) is 8.57. The van der Waals surface area contributed by atoms with Gasteiger partial charge in [0, 0.05) is 29.7 Å². The van der Waals surface area contributed by atoms with E-state index < -0.39 is 0 Å². The first-order valence-electron chi connectivity index (χ1n) is 8.99. The normalized spacial score (nSPS) is 11.3. The molecule has 0 saturated carbocycles. The maximum absolute atomic E-state index is 4.75. The van der Waals surface area contributed by atoms with E-state index in [-0.39, 0.29) is 0 Å². The maximum atomic E-state index is 4.75. The highest BCUT2D eigenvalue weighted by atomic mass is 14.7.